The van der Waals surface area contributed by atoms with Crippen molar-refractivity contribution in [2.75, 3.05) is 26.9 Å². The van der Waals surface area contributed by atoms with E-state index in [1.807, 2.05) is 24.3 Å². The van der Waals surface area contributed by atoms with Crippen LogP contribution in [-0.2, 0) is 19.1 Å². The molecule has 0 fully saturated rings. The van der Waals surface area contributed by atoms with E-state index in [4.69, 9.17) is 9.47 Å². The number of carboxylic acids is 1. The monoisotopic (exact) mass is 468 g/mol. The molecular weight excluding hydrogens is 436 g/mol. The van der Waals surface area contributed by atoms with E-state index in [1.54, 1.807) is 13.8 Å². The maximum Gasteiger partial charge on any atom is 0.407 e. The van der Waals surface area contributed by atoms with Gasteiger partial charge in [-0.05, 0) is 28.7 Å². The van der Waals surface area contributed by atoms with E-state index in [0.29, 0.717) is 6.42 Å². The van der Waals surface area contributed by atoms with Crippen molar-refractivity contribution in [1.29, 1.82) is 0 Å². The highest BCUT2D eigenvalue weighted by molar-refractivity contribution is 5.87. The number of hydrogen-bond acceptors (Lipinski definition) is 5. The molecule has 0 saturated heterocycles. The Morgan fingerprint density at radius 3 is 2.18 bits per heavy atom. The van der Waals surface area contributed by atoms with Crippen LogP contribution in [0, 0.1) is 5.41 Å². The fraction of sp³-hybridized carbons (Fsp3) is 0.423. The quantitative estimate of drug-likeness (QED) is 0.465. The predicted octanol–water partition coefficient (Wildman–Crippen LogP) is 3.55. The fourth-order valence-electron chi connectivity index (χ4n) is 4.09. The molecule has 2 amide bonds. The van der Waals surface area contributed by atoms with Gasteiger partial charge in [0.15, 0.2) is 0 Å². The number of hydrogen-bond donors (Lipinski definition) is 3. The predicted molar refractivity (Wildman–Crippen MR) is 128 cm³/mol. The van der Waals surface area contributed by atoms with Gasteiger partial charge in [-0.2, -0.15) is 0 Å². The molecule has 2 aromatic rings. The first-order chi connectivity index (χ1) is 16.2. The molecule has 182 valence electrons. The zero-order chi connectivity index (χ0) is 24.7. The summed E-state index contributed by atoms with van der Waals surface area (Å²) in [4.78, 5) is 36.3. The molecule has 0 bridgehead atoms. The molecule has 1 aliphatic rings. The Bertz CT molecular complexity index is 990. The molecule has 1 unspecified atom stereocenters. The van der Waals surface area contributed by atoms with Crippen molar-refractivity contribution in [1.82, 2.24) is 10.6 Å². The average Bonchev–Trinajstić information content (AvgIpc) is 3.13. The summed E-state index contributed by atoms with van der Waals surface area (Å²) < 4.78 is 10.4. The lowest BCUT2D eigenvalue weighted by molar-refractivity contribution is -0.144. The zero-order valence-electron chi connectivity index (χ0n) is 19.8. The molecule has 34 heavy (non-hydrogen) atoms. The lowest BCUT2D eigenvalue weighted by Gasteiger charge is -2.26. The number of carboxylic acid groups (broad SMARTS) is 1. The largest absolute Gasteiger partial charge is 0.480 e. The number of nitrogens with one attached hydrogen (secondary N) is 2. The Balaban J connectivity index is 1.49. The third kappa shape index (κ3) is 5.94. The standard InChI is InChI=1S/C26H32N2O6/c1-26(2,24(31)28-22(23(29)30)12-15-33-3)13-14-27-25(32)34-16-21-19-10-6-4-8-17(19)18-9-5-7-11-20(18)21/h4-11,21-22H,12-16H2,1-3H3,(H,27,32)(H,28,31)(H,29,30). The van der Waals surface area contributed by atoms with Crippen molar-refractivity contribution < 1.29 is 29.0 Å². The van der Waals surface area contributed by atoms with E-state index in [2.05, 4.69) is 34.9 Å². The summed E-state index contributed by atoms with van der Waals surface area (Å²) in [5.74, 6) is -1.54. The number of amides is 2. The first-order valence-electron chi connectivity index (χ1n) is 11.4. The van der Waals surface area contributed by atoms with Gasteiger partial charge in [-0.1, -0.05) is 62.4 Å². The molecular formula is C26H32N2O6. The lowest BCUT2D eigenvalue weighted by Crippen LogP contribution is -2.47. The van der Waals surface area contributed by atoms with Crippen molar-refractivity contribution in [2.45, 2.75) is 38.6 Å². The second kappa shape index (κ2) is 11.2. The molecule has 0 saturated carbocycles. The number of carbonyl (C=O) groups excluding carboxylic acids is 2. The van der Waals surface area contributed by atoms with Crippen LogP contribution in [0.25, 0.3) is 11.1 Å². The Labute approximate surface area is 199 Å². The van der Waals surface area contributed by atoms with Crippen molar-refractivity contribution in [3.05, 3.63) is 59.7 Å². The van der Waals surface area contributed by atoms with Crippen LogP contribution in [0.15, 0.2) is 48.5 Å². The van der Waals surface area contributed by atoms with Crippen molar-refractivity contribution in [2.24, 2.45) is 5.41 Å². The first kappa shape index (κ1) is 25.2. The van der Waals surface area contributed by atoms with Gasteiger partial charge in [0.2, 0.25) is 5.91 Å². The van der Waals surface area contributed by atoms with Crippen molar-refractivity contribution in [3.63, 3.8) is 0 Å². The van der Waals surface area contributed by atoms with E-state index in [-0.39, 0.29) is 32.1 Å². The third-order valence-corrected chi connectivity index (χ3v) is 6.19. The van der Waals surface area contributed by atoms with Crippen LogP contribution >= 0.6 is 0 Å². The number of benzene rings is 2. The van der Waals surface area contributed by atoms with Crippen molar-refractivity contribution >= 4 is 18.0 Å². The molecule has 3 N–H and O–H groups in total. The summed E-state index contributed by atoms with van der Waals surface area (Å²) in [7, 11) is 1.47. The number of fused-ring (bicyclic) bond motifs is 3. The molecule has 0 heterocycles. The number of alkyl carbamates (subject to hydrolysis) is 1. The van der Waals surface area contributed by atoms with E-state index in [0.717, 1.165) is 22.3 Å². The summed E-state index contributed by atoms with van der Waals surface area (Å²) in [6.07, 6.45) is -0.0627. The summed E-state index contributed by atoms with van der Waals surface area (Å²) in [6.45, 7) is 4.06. The molecule has 3 rings (SSSR count). The zero-order valence-corrected chi connectivity index (χ0v) is 19.8. The van der Waals surface area contributed by atoms with E-state index < -0.39 is 29.4 Å². The molecule has 0 aromatic heterocycles. The Morgan fingerprint density at radius 2 is 1.62 bits per heavy atom. The van der Waals surface area contributed by atoms with E-state index in [9.17, 15) is 19.5 Å². The Morgan fingerprint density at radius 1 is 1.03 bits per heavy atom. The molecule has 1 aliphatic carbocycles. The minimum absolute atomic E-state index is 0.0274. The summed E-state index contributed by atoms with van der Waals surface area (Å²) in [5, 5.41) is 14.5. The minimum Gasteiger partial charge on any atom is -0.480 e. The topological polar surface area (TPSA) is 114 Å². The SMILES string of the molecule is COCCC(NC(=O)C(C)(C)CCNC(=O)OCC1c2ccccc2-c2ccccc21)C(=O)O. The lowest BCUT2D eigenvalue weighted by atomic mass is 9.88. The second-order valence-corrected chi connectivity index (χ2v) is 9.03. The molecule has 1 atom stereocenters. The van der Waals surface area contributed by atoms with Crippen LogP contribution < -0.4 is 10.6 Å². The summed E-state index contributed by atoms with van der Waals surface area (Å²) in [5.41, 5.74) is 3.71. The van der Waals surface area contributed by atoms with Gasteiger partial charge in [0, 0.05) is 38.0 Å². The third-order valence-electron chi connectivity index (χ3n) is 6.19. The highest BCUT2D eigenvalue weighted by atomic mass is 16.5. The fourth-order valence-corrected chi connectivity index (χ4v) is 4.09. The van der Waals surface area contributed by atoms with Gasteiger partial charge in [-0.3, -0.25) is 4.79 Å². The Hall–Kier alpha value is -3.39. The molecule has 8 nitrogen and oxygen atoms in total. The summed E-state index contributed by atoms with van der Waals surface area (Å²) in [6, 6.07) is 15.2. The number of methoxy groups -OCH3 is 1. The highest BCUT2D eigenvalue weighted by Gasteiger charge is 2.32. The average molecular weight is 469 g/mol. The van der Waals surface area contributed by atoms with Gasteiger partial charge < -0.3 is 25.2 Å². The van der Waals surface area contributed by atoms with Crippen LogP contribution in [0.5, 0.6) is 0 Å². The Kier molecular flexibility index (Phi) is 8.28. The molecule has 0 spiro atoms. The summed E-state index contributed by atoms with van der Waals surface area (Å²) >= 11 is 0. The maximum atomic E-state index is 12.6. The molecule has 0 aliphatic heterocycles. The van der Waals surface area contributed by atoms with E-state index >= 15 is 0 Å². The van der Waals surface area contributed by atoms with Crippen LogP contribution in [0.2, 0.25) is 0 Å². The normalized spacial score (nSPS) is 13.5. The maximum absolute atomic E-state index is 12.6. The van der Waals surface area contributed by atoms with Gasteiger partial charge >= 0.3 is 12.1 Å². The molecule has 0 radical (unpaired) electrons. The molecule has 8 heteroatoms. The van der Waals surface area contributed by atoms with Crippen LogP contribution in [0.4, 0.5) is 4.79 Å². The minimum atomic E-state index is -1.11. The molecule has 2 aromatic carbocycles. The number of carbonyl (C=O) groups is 3. The van der Waals surface area contributed by atoms with Crippen molar-refractivity contribution in [3.8, 4) is 11.1 Å². The van der Waals surface area contributed by atoms with Crippen LogP contribution in [-0.4, -0.2) is 56.0 Å². The van der Waals surface area contributed by atoms with Crippen LogP contribution in [0.3, 0.4) is 0 Å². The van der Waals surface area contributed by atoms with Gasteiger partial charge in [-0.25, -0.2) is 9.59 Å². The first-order valence-corrected chi connectivity index (χ1v) is 11.4. The number of aliphatic carboxylic acids is 1. The van der Waals surface area contributed by atoms with Gasteiger partial charge in [0.25, 0.3) is 0 Å². The highest BCUT2D eigenvalue weighted by Crippen LogP contribution is 2.44. The number of ether oxygens (including phenoxy) is 2. The van der Waals surface area contributed by atoms with Gasteiger partial charge in [0.05, 0.1) is 0 Å². The second-order valence-electron chi connectivity index (χ2n) is 9.03. The van der Waals surface area contributed by atoms with Gasteiger partial charge in [0.1, 0.15) is 12.6 Å². The van der Waals surface area contributed by atoms with Crippen LogP contribution in [0.1, 0.15) is 43.7 Å². The number of rotatable bonds is 11. The smallest absolute Gasteiger partial charge is 0.407 e. The van der Waals surface area contributed by atoms with E-state index in [1.165, 1.54) is 7.11 Å². The van der Waals surface area contributed by atoms with Gasteiger partial charge in [-0.15, -0.1) is 0 Å².